The van der Waals surface area contributed by atoms with Gasteiger partial charge in [-0.2, -0.15) is 13.2 Å². The maximum absolute atomic E-state index is 12.4. The molecular weight excluding hydrogens is 276 g/mol. The van der Waals surface area contributed by atoms with E-state index in [1.54, 1.807) is 0 Å². The minimum Gasteiger partial charge on any atom is -0.207 e. The molecule has 0 N–H and O–H groups in total. The lowest BCUT2D eigenvalue weighted by Crippen LogP contribution is -2.11. The fraction of sp³-hybridized carbons (Fsp3) is 0.143. The summed E-state index contributed by atoms with van der Waals surface area (Å²) in [7, 11) is 0.384. The van der Waals surface area contributed by atoms with E-state index in [0.717, 1.165) is 18.2 Å². The third kappa shape index (κ3) is 2.76. The largest absolute Gasteiger partial charge is 0.419 e. The first-order valence-corrected chi connectivity index (χ1v) is 6.13. The van der Waals surface area contributed by atoms with Crippen molar-refractivity contribution in [2.75, 3.05) is 0 Å². The molecule has 0 unspecified atom stereocenters. The molecule has 0 atom stereocenters. The first-order valence-electron chi connectivity index (χ1n) is 3.44. The normalized spacial score (nSPS) is 12.9. The monoisotopic (exact) mass is 278 g/mol. The Kier molecular flexibility index (Phi) is 3.23. The molecule has 1 aromatic rings. The van der Waals surface area contributed by atoms with Crippen LogP contribution in [0.25, 0.3) is 0 Å². The molecule has 0 fully saturated rings. The van der Waals surface area contributed by atoms with Crippen molar-refractivity contribution in [3.05, 3.63) is 28.8 Å². The van der Waals surface area contributed by atoms with E-state index in [4.69, 9.17) is 22.3 Å². The van der Waals surface area contributed by atoms with Crippen molar-refractivity contribution in [1.82, 2.24) is 0 Å². The zero-order valence-electron chi connectivity index (χ0n) is 6.85. The highest BCUT2D eigenvalue weighted by Crippen LogP contribution is 2.39. The summed E-state index contributed by atoms with van der Waals surface area (Å²) in [6.07, 6.45) is -4.87. The zero-order chi connectivity index (χ0) is 11.9. The van der Waals surface area contributed by atoms with Crippen LogP contribution in [0.1, 0.15) is 5.56 Å². The van der Waals surface area contributed by atoms with Crippen molar-refractivity contribution in [3.63, 3.8) is 0 Å². The van der Waals surface area contributed by atoms with Crippen molar-refractivity contribution < 1.29 is 21.6 Å². The summed E-state index contributed by atoms with van der Waals surface area (Å²) >= 11 is 5.28. The van der Waals surface area contributed by atoms with E-state index < -0.39 is 30.7 Å². The van der Waals surface area contributed by atoms with Crippen LogP contribution in [0.5, 0.6) is 0 Å². The molecule has 84 valence electrons. The highest BCUT2D eigenvalue weighted by molar-refractivity contribution is 8.13. The first-order chi connectivity index (χ1) is 6.64. The second kappa shape index (κ2) is 3.84. The summed E-state index contributed by atoms with van der Waals surface area (Å²) in [6.45, 7) is 0. The number of hydrogen-bond acceptors (Lipinski definition) is 2. The highest BCUT2D eigenvalue weighted by Gasteiger charge is 2.38. The molecule has 15 heavy (non-hydrogen) atoms. The Labute approximate surface area is 93.0 Å². The molecule has 8 heteroatoms. The quantitative estimate of drug-likeness (QED) is 0.739. The Morgan fingerprint density at radius 3 is 2.07 bits per heavy atom. The Bertz CT molecular complexity index is 481. The molecule has 0 amide bonds. The van der Waals surface area contributed by atoms with E-state index in [0.29, 0.717) is 0 Å². The van der Waals surface area contributed by atoms with Crippen LogP contribution < -0.4 is 0 Å². The molecule has 0 aliphatic heterocycles. The zero-order valence-corrected chi connectivity index (χ0v) is 9.17. The highest BCUT2D eigenvalue weighted by atomic mass is 35.7. The number of halogens is 5. The van der Waals surface area contributed by atoms with Crippen molar-refractivity contribution >= 4 is 31.3 Å². The predicted octanol–water partition coefficient (Wildman–Crippen LogP) is 3.29. The lowest BCUT2D eigenvalue weighted by atomic mass is 10.2. The van der Waals surface area contributed by atoms with Crippen LogP contribution in [0.2, 0.25) is 5.02 Å². The molecule has 0 spiro atoms. The van der Waals surface area contributed by atoms with Gasteiger partial charge in [-0.25, -0.2) is 8.42 Å². The van der Waals surface area contributed by atoms with Gasteiger partial charge in [0.2, 0.25) is 0 Å². The van der Waals surface area contributed by atoms with Crippen LogP contribution in [0.4, 0.5) is 13.2 Å². The fourth-order valence-corrected chi connectivity index (χ4v) is 2.42. The Balaban J connectivity index is 3.63. The Morgan fingerprint density at radius 1 is 1.20 bits per heavy atom. The number of hydrogen-bond donors (Lipinski definition) is 0. The van der Waals surface area contributed by atoms with E-state index in [1.807, 2.05) is 0 Å². The molecule has 0 radical (unpaired) electrons. The molecule has 2 nitrogen and oxygen atoms in total. The van der Waals surface area contributed by atoms with E-state index in [9.17, 15) is 21.6 Å². The molecule has 0 heterocycles. The van der Waals surface area contributed by atoms with Gasteiger partial charge >= 0.3 is 6.18 Å². The van der Waals surface area contributed by atoms with Crippen LogP contribution in [0.3, 0.4) is 0 Å². The number of alkyl halides is 3. The van der Waals surface area contributed by atoms with E-state index in [2.05, 4.69) is 0 Å². The summed E-state index contributed by atoms with van der Waals surface area (Å²) < 4.78 is 59.0. The fourth-order valence-electron chi connectivity index (χ4n) is 0.983. The summed E-state index contributed by atoms with van der Waals surface area (Å²) in [6, 6.07) is 2.76. The maximum atomic E-state index is 12.4. The lowest BCUT2D eigenvalue weighted by molar-refractivity contribution is -0.139. The van der Waals surface area contributed by atoms with E-state index in [-0.39, 0.29) is 0 Å². The molecule has 0 aliphatic rings. The van der Waals surface area contributed by atoms with Crippen molar-refractivity contribution in [2.24, 2.45) is 0 Å². The van der Waals surface area contributed by atoms with Gasteiger partial charge in [0.05, 0.1) is 15.5 Å². The number of rotatable bonds is 1. The predicted molar refractivity (Wildman–Crippen MR) is 49.5 cm³/mol. The van der Waals surface area contributed by atoms with Crippen LogP contribution in [0.15, 0.2) is 23.1 Å². The minimum atomic E-state index is -4.87. The molecule has 0 aliphatic carbocycles. The van der Waals surface area contributed by atoms with Crippen LogP contribution in [-0.2, 0) is 15.2 Å². The average molecular weight is 279 g/mol. The molecule has 0 saturated carbocycles. The van der Waals surface area contributed by atoms with E-state index in [1.165, 1.54) is 0 Å². The Morgan fingerprint density at radius 2 is 1.73 bits per heavy atom. The Hall–Kier alpha value is -0.460. The summed E-state index contributed by atoms with van der Waals surface area (Å²) in [4.78, 5) is -1.04. The smallest absolute Gasteiger partial charge is 0.207 e. The minimum absolute atomic E-state index is 0.704. The third-order valence-electron chi connectivity index (χ3n) is 1.52. The van der Waals surface area contributed by atoms with Gasteiger partial charge in [-0.15, -0.1) is 0 Å². The second-order valence-corrected chi connectivity index (χ2v) is 5.49. The topological polar surface area (TPSA) is 34.1 Å². The van der Waals surface area contributed by atoms with Gasteiger partial charge in [0.25, 0.3) is 9.05 Å². The standard InChI is InChI=1S/C7H3Cl2F3O2S/c8-4-2-1-3-5(15(9,13)14)6(4)7(10,11)12/h1-3H. The third-order valence-corrected chi connectivity index (χ3v) is 3.20. The summed E-state index contributed by atoms with van der Waals surface area (Å²) in [5, 5.41) is -0.704. The van der Waals surface area contributed by atoms with Gasteiger partial charge in [0.15, 0.2) is 0 Å². The molecule has 1 rings (SSSR count). The first kappa shape index (κ1) is 12.6. The van der Waals surface area contributed by atoms with Crippen LogP contribution >= 0.6 is 22.3 Å². The van der Waals surface area contributed by atoms with Gasteiger partial charge in [0, 0.05) is 10.7 Å². The summed E-state index contributed by atoms with van der Waals surface area (Å²) in [5.74, 6) is 0. The van der Waals surface area contributed by atoms with Gasteiger partial charge < -0.3 is 0 Å². The lowest BCUT2D eigenvalue weighted by Gasteiger charge is -2.11. The van der Waals surface area contributed by atoms with Crippen molar-refractivity contribution in [3.8, 4) is 0 Å². The molecular formula is C7H3Cl2F3O2S. The average Bonchev–Trinajstić information content (AvgIpc) is 1.99. The second-order valence-electron chi connectivity index (χ2n) is 2.55. The van der Waals surface area contributed by atoms with Gasteiger partial charge in [-0.3, -0.25) is 0 Å². The molecule has 1 aromatic carbocycles. The molecule has 0 bridgehead atoms. The van der Waals surface area contributed by atoms with Crippen LogP contribution in [-0.4, -0.2) is 8.42 Å². The van der Waals surface area contributed by atoms with Crippen molar-refractivity contribution in [1.29, 1.82) is 0 Å². The van der Waals surface area contributed by atoms with Crippen molar-refractivity contribution in [2.45, 2.75) is 11.1 Å². The van der Waals surface area contributed by atoms with Crippen LogP contribution in [0, 0.1) is 0 Å². The SMILES string of the molecule is O=S(=O)(Cl)c1cccc(Cl)c1C(F)(F)F. The molecule has 0 aromatic heterocycles. The van der Waals surface area contributed by atoms with Gasteiger partial charge in [0.1, 0.15) is 0 Å². The van der Waals surface area contributed by atoms with E-state index >= 15 is 0 Å². The summed E-state index contributed by atoms with van der Waals surface area (Å²) in [5.41, 5.74) is -1.44. The molecule has 0 saturated heterocycles. The maximum Gasteiger partial charge on any atom is 0.419 e. The van der Waals surface area contributed by atoms with Gasteiger partial charge in [-0.05, 0) is 12.1 Å². The number of benzene rings is 1. The van der Waals surface area contributed by atoms with Gasteiger partial charge in [-0.1, -0.05) is 17.7 Å².